The van der Waals surface area contributed by atoms with Gasteiger partial charge in [-0.1, -0.05) is 12.1 Å². The molecule has 1 aromatic carbocycles. The van der Waals surface area contributed by atoms with Gasteiger partial charge in [-0.3, -0.25) is 9.78 Å². The molecule has 20 heavy (non-hydrogen) atoms. The Labute approximate surface area is 116 Å². The maximum atomic E-state index is 11.0. The molecule has 2 heterocycles. The number of aromatic nitrogens is 2. The summed E-state index contributed by atoms with van der Waals surface area (Å²) < 4.78 is 2.19. The van der Waals surface area contributed by atoms with Crippen molar-refractivity contribution < 1.29 is 4.79 Å². The fraction of sp³-hybridized carbons (Fsp3) is 0.176. The van der Waals surface area contributed by atoms with Crippen molar-refractivity contribution in [3.05, 3.63) is 53.3 Å². The van der Waals surface area contributed by atoms with Gasteiger partial charge in [0.05, 0.1) is 5.69 Å². The molecule has 0 unspecified atom stereocenters. The Morgan fingerprint density at radius 2 is 2.15 bits per heavy atom. The van der Waals surface area contributed by atoms with Crippen molar-refractivity contribution in [2.45, 2.75) is 12.8 Å². The zero-order valence-electron chi connectivity index (χ0n) is 11.3. The van der Waals surface area contributed by atoms with E-state index >= 15 is 0 Å². The third kappa shape index (κ3) is 1.40. The van der Waals surface area contributed by atoms with E-state index in [4.69, 9.17) is 0 Å². The number of carbonyl (C=O) groups excluding carboxylic acids is 1. The lowest BCUT2D eigenvalue weighted by atomic mass is 9.92. The van der Waals surface area contributed by atoms with Gasteiger partial charge in [-0.25, -0.2) is 0 Å². The molecule has 4 rings (SSSR count). The molecule has 1 aliphatic carbocycles. The molecule has 3 nitrogen and oxygen atoms in total. The van der Waals surface area contributed by atoms with Crippen molar-refractivity contribution in [1.82, 2.24) is 9.55 Å². The van der Waals surface area contributed by atoms with Gasteiger partial charge >= 0.3 is 0 Å². The van der Waals surface area contributed by atoms with Gasteiger partial charge in [0.15, 0.2) is 0 Å². The van der Waals surface area contributed by atoms with Crippen LogP contribution in [0, 0.1) is 0 Å². The highest BCUT2D eigenvalue weighted by Crippen LogP contribution is 2.38. The molecule has 0 radical (unpaired) electrons. The molecule has 1 aliphatic rings. The molecular weight excluding hydrogens is 248 g/mol. The van der Waals surface area contributed by atoms with Gasteiger partial charge in [0.2, 0.25) is 0 Å². The van der Waals surface area contributed by atoms with Crippen LogP contribution in [0.3, 0.4) is 0 Å². The van der Waals surface area contributed by atoms with E-state index in [1.54, 1.807) is 0 Å². The van der Waals surface area contributed by atoms with Crippen molar-refractivity contribution in [1.29, 1.82) is 0 Å². The first-order valence-electron chi connectivity index (χ1n) is 6.80. The second kappa shape index (κ2) is 4.04. The average Bonchev–Trinajstić information content (AvgIpc) is 2.80. The SMILES string of the molecule is Cn1c2c(c3ccc(C=O)cc31)CCc1ncccc1-2. The third-order valence-electron chi connectivity index (χ3n) is 4.22. The highest BCUT2D eigenvalue weighted by Gasteiger charge is 2.23. The van der Waals surface area contributed by atoms with E-state index in [2.05, 4.69) is 28.7 Å². The highest BCUT2D eigenvalue weighted by atomic mass is 16.1. The lowest BCUT2D eigenvalue weighted by Gasteiger charge is -2.17. The number of hydrogen-bond donors (Lipinski definition) is 0. The number of pyridine rings is 1. The number of fused-ring (bicyclic) bond motifs is 5. The van der Waals surface area contributed by atoms with Gasteiger partial charge < -0.3 is 4.57 Å². The van der Waals surface area contributed by atoms with Gasteiger partial charge in [0, 0.05) is 41.0 Å². The van der Waals surface area contributed by atoms with E-state index in [0.29, 0.717) is 0 Å². The minimum absolute atomic E-state index is 0.724. The number of aryl methyl sites for hydroxylation is 3. The number of rotatable bonds is 1. The summed E-state index contributed by atoms with van der Waals surface area (Å²) >= 11 is 0. The molecule has 0 amide bonds. The molecule has 2 aromatic heterocycles. The Balaban J connectivity index is 2.11. The second-order valence-corrected chi connectivity index (χ2v) is 5.28. The minimum atomic E-state index is 0.724. The van der Waals surface area contributed by atoms with Crippen LogP contribution in [-0.2, 0) is 19.9 Å². The van der Waals surface area contributed by atoms with Crippen LogP contribution in [0.5, 0.6) is 0 Å². The molecular formula is C17H14N2O. The third-order valence-corrected chi connectivity index (χ3v) is 4.22. The second-order valence-electron chi connectivity index (χ2n) is 5.28. The summed E-state index contributed by atoms with van der Waals surface area (Å²) in [4.78, 5) is 15.5. The maximum absolute atomic E-state index is 11.0. The number of carbonyl (C=O) groups is 1. The van der Waals surface area contributed by atoms with Crippen LogP contribution in [0.1, 0.15) is 21.6 Å². The topological polar surface area (TPSA) is 34.9 Å². The molecule has 0 N–H and O–H groups in total. The standard InChI is InChI=1S/C17H14N2O/c1-19-16-9-11(10-20)4-5-12(16)13-6-7-15-14(17(13)19)3-2-8-18-15/h2-5,8-10H,6-7H2,1H3. The molecule has 98 valence electrons. The van der Waals surface area contributed by atoms with Gasteiger partial charge in [-0.15, -0.1) is 0 Å². The summed E-state index contributed by atoms with van der Waals surface area (Å²) in [6, 6.07) is 10.1. The number of nitrogens with zero attached hydrogens (tertiary/aromatic N) is 2. The molecule has 3 heteroatoms. The summed E-state index contributed by atoms with van der Waals surface area (Å²) in [7, 11) is 2.07. The molecule has 0 saturated carbocycles. The normalized spacial score (nSPS) is 13.1. The van der Waals surface area contributed by atoms with Crippen LogP contribution in [0.25, 0.3) is 22.2 Å². The predicted molar refractivity (Wildman–Crippen MR) is 78.9 cm³/mol. The smallest absolute Gasteiger partial charge is 0.150 e. The molecule has 0 saturated heterocycles. The van der Waals surface area contributed by atoms with E-state index in [1.165, 1.54) is 27.9 Å². The largest absolute Gasteiger partial charge is 0.343 e. The van der Waals surface area contributed by atoms with Crippen molar-refractivity contribution in [2.75, 3.05) is 0 Å². The molecule has 0 atom stereocenters. The van der Waals surface area contributed by atoms with E-state index in [-0.39, 0.29) is 0 Å². The molecule has 0 bridgehead atoms. The van der Waals surface area contributed by atoms with Crippen molar-refractivity contribution in [3.8, 4) is 11.3 Å². The van der Waals surface area contributed by atoms with Crippen molar-refractivity contribution in [3.63, 3.8) is 0 Å². The summed E-state index contributed by atoms with van der Waals surface area (Å²) in [6.07, 6.45) is 4.76. The van der Waals surface area contributed by atoms with Crippen molar-refractivity contribution in [2.24, 2.45) is 7.05 Å². The molecule has 0 spiro atoms. The first-order valence-corrected chi connectivity index (χ1v) is 6.80. The number of benzene rings is 1. The van der Waals surface area contributed by atoms with Crippen LogP contribution in [0.15, 0.2) is 36.5 Å². The van der Waals surface area contributed by atoms with Gasteiger partial charge in [0.1, 0.15) is 6.29 Å². The zero-order chi connectivity index (χ0) is 13.7. The lowest BCUT2D eigenvalue weighted by molar-refractivity contribution is 0.112. The first-order chi connectivity index (χ1) is 9.79. The first kappa shape index (κ1) is 11.4. The lowest BCUT2D eigenvalue weighted by Crippen LogP contribution is -2.07. The van der Waals surface area contributed by atoms with Crippen LogP contribution < -0.4 is 0 Å². The zero-order valence-corrected chi connectivity index (χ0v) is 11.3. The molecule has 3 aromatic rings. The number of hydrogen-bond acceptors (Lipinski definition) is 2. The summed E-state index contributed by atoms with van der Waals surface area (Å²) in [5.41, 5.74) is 6.86. The highest BCUT2D eigenvalue weighted by molar-refractivity contribution is 5.95. The van der Waals surface area contributed by atoms with Crippen LogP contribution >= 0.6 is 0 Å². The van der Waals surface area contributed by atoms with E-state index < -0.39 is 0 Å². The van der Waals surface area contributed by atoms with Gasteiger partial charge in [-0.2, -0.15) is 0 Å². The Kier molecular flexibility index (Phi) is 2.30. The van der Waals surface area contributed by atoms with Gasteiger partial charge in [0.25, 0.3) is 0 Å². The summed E-state index contributed by atoms with van der Waals surface area (Å²) in [5.74, 6) is 0. The fourth-order valence-corrected chi connectivity index (χ4v) is 3.30. The summed E-state index contributed by atoms with van der Waals surface area (Å²) in [5, 5.41) is 1.25. The van der Waals surface area contributed by atoms with E-state index in [9.17, 15) is 4.79 Å². The maximum Gasteiger partial charge on any atom is 0.150 e. The van der Waals surface area contributed by atoms with E-state index in [0.717, 1.165) is 30.2 Å². The fourth-order valence-electron chi connectivity index (χ4n) is 3.30. The molecule has 0 fully saturated rings. The quantitative estimate of drug-likeness (QED) is 0.631. The van der Waals surface area contributed by atoms with Crippen molar-refractivity contribution >= 4 is 17.2 Å². The monoisotopic (exact) mass is 262 g/mol. The summed E-state index contributed by atoms with van der Waals surface area (Å²) in [6.45, 7) is 0. The minimum Gasteiger partial charge on any atom is -0.343 e. The van der Waals surface area contributed by atoms with Crippen LogP contribution in [0.2, 0.25) is 0 Å². The Bertz CT molecular complexity index is 846. The van der Waals surface area contributed by atoms with Gasteiger partial charge in [-0.05, 0) is 36.6 Å². The Hall–Kier alpha value is -2.42. The predicted octanol–water partition coefficient (Wildman–Crippen LogP) is 3.15. The van der Waals surface area contributed by atoms with Crippen LogP contribution in [0.4, 0.5) is 0 Å². The van der Waals surface area contributed by atoms with E-state index in [1.807, 2.05) is 24.4 Å². The molecule has 0 aliphatic heterocycles. The van der Waals surface area contributed by atoms with Crippen LogP contribution in [-0.4, -0.2) is 15.8 Å². The Morgan fingerprint density at radius 1 is 1.25 bits per heavy atom. The Morgan fingerprint density at radius 3 is 3.00 bits per heavy atom. The number of aldehydes is 1. The average molecular weight is 262 g/mol.